The first kappa shape index (κ1) is 22.8. The van der Waals surface area contributed by atoms with Crippen LogP contribution in [0.5, 0.6) is 0 Å². The first-order valence-corrected chi connectivity index (χ1v) is 13.4. The maximum absolute atomic E-state index is 5.19. The number of anilines is 2. The van der Waals surface area contributed by atoms with E-state index in [1.807, 2.05) is 0 Å². The van der Waals surface area contributed by atoms with Gasteiger partial charge in [0.25, 0.3) is 0 Å². The summed E-state index contributed by atoms with van der Waals surface area (Å²) in [6.45, 7) is 8.08. The smallest absolute Gasteiger partial charge is 0.225 e. The van der Waals surface area contributed by atoms with Crippen molar-refractivity contribution in [2.45, 2.75) is 116 Å². The topological polar surface area (TPSA) is 53.1 Å². The van der Waals surface area contributed by atoms with Crippen LogP contribution in [-0.2, 0) is 12.8 Å². The summed E-state index contributed by atoms with van der Waals surface area (Å²) in [4.78, 5) is 12.9. The molecule has 174 valence electrons. The van der Waals surface area contributed by atoms with Crippen molar-refractivity contribution in [2.75, 3.05) is 29.9 Å². The molecule has 1 aromatic rings. The maximum Gasteiger partial charge on any atom is 0.225 e. The van der Waals surface area contributed by atoms with Gasteiger partial charge in [-0.25, -0.2) is 4.98 Å². The summed E-state index contributed by atoms with van der Waals surface area (Å²) >= 11 is 0. The van der Waals surface area contributed by atoms with E-state index in [2.05, 4.69) is 29.4 Å². The number of nitrogens with one attached hydrogen (secondary N) is 2. The van der Waals surface area contributed by atoms with Gasteiger partial charge in [0.2, 0.25) is 5.95 Å². The van der Waals surface area contributed by atoms with Gasteiger partial charge >= 0.3 is 0 Å². The Kier molecular flexibility index (Phi) is 8.46. The molecule has 0 radical (unpaired) electrons. The zero-order valence-corrected chi connectivity index (χ0v) is 20.1. The molecule has 2 unspecified atom stereocenters. The number of hydrogen-bond acceptors (Lipinski definition) is 5. The van der Waals surface area contributed by atoms with Crippen LogP contribution in [0, 0.1) is 5.92 Å². The summed E-state index contributed by atoms with van der Waals surface area (Å²) < 4.78 is 0. The Hall–Kier alpha value is -1.36. The number of nitrogens with zero attached hydrogens (tertiary/aromatic N) is 3. The standard InChI is InChI=1S/C26H45N5/c1-3-20(4-2)19-27-23-15-12-16-24(23)29-26-28-22-14-9-7-8-13-21(22)25(30-26)31-17-10-5-6-11-18-31/h20,23-24,27H,3-19H2,1-2H3,(H,28,29,30). The van der Waals surface area contributed by atoms with Crippen LogP contribution in [0.2, 0.25) is 0 Å². The lowest BCUT2D eigenvalue weighted by Gasteiger charge is -2.28. The van der Waals surface area contributed by atoms with Gasteiger partial charge in [0, 0.05) is 30.7 Å². The van der Waals surface area contributed by atoms with E-state index >= 15 is 0 Å². The lowest BCUT2D eigenvalue weighted by molar-refractivity contribution is 0.398. The molecule has 3 aliphatic rings. The van der Waals surface area contributed by atoms with E-state index in [-0.39, 0.29) is 0 Å². The molecule has 2 aliphatic carbocycles. The summed E-state index contributed by atoms with van der Waals surface area (Å²) in [7, 11) is 0. The van der Waals surface area contributed by atoms with Crippen LogP contribution in [0.4, 0.5) is 11.8 Å². The molecule has 2 N–H and O–H groups in total. The molecule has 0 bridgehead atoms. The van der Waals surface area contributed by atoms with E-state index in [0.717, 1.165) is 44.3 Å². The van der Waals surface area contributed by atoms with E-state index in [9.17, 15) is 0 Å². The van der Waals surface area contributed by atoms with Crippen molar-refractivity contribution >= 4 is 11.8 Å². The minimum atomic E-state index is 0.454. The van der Waals surface area contributed by atoms with Crippen molar-refractivity contribution in [3.63, 3.8) is 0 Å². The highest BCUT2D eigenvalue weighted by Crippen LogP contribution is 2.31. The largest absolute Gasteiger partial charge is 0.356 e. The monoisotopic (exact) mass is 427 g/mol. The van der Waals surface area contributed by atoms with E-state index in [1.54, 1.807) is 0 Å². The number of aryl methyl sites for hydroxylation is 1. The molecule has 31 heavy (non-hydrogen) atoms. The van der Waals surface area contributed by atoms with Crippen molar-refractivity contribution in [3.8, 4) is 0 Å². The van der Waals surface area contributed by atoms with Crippen LogP contribution in [0.25, 0.3) is 0 Å². The molecule has 0 amide bonds. The van der Waals surface area contributed by atoms with Gasteiger partial charge in [0.05, 0.1) is 5.69 Å². The minimum absolute atomic E-state index is 0.454. The van der Waals surface area contributed by atoms with Gasteiger partial charge in [-0.15, -0.1) is 0 Å². The zero-order valence-electron chi connectivity index (χ0n) is 20.1. The van der Waals surface area contributed by atoms with Crippen molar-refractivity contribution in [2.24, 2.45) is 5.92 Å². The van der Waals surface area contributed by atoms with E-state index in [4.69, 9.17) is 9.97 Å². The summed E-state index contributed by atoms with van der Waals surface area (Å²) in [5, 5.41) is 7.69. The SMILES string of the molecule is CCC(CC)CNC1CCCC1Nc1nc2c(c(N3CCCCCC3)n1)CCCCC2. The van der Waals surface area contributed by atoms with E-state index < -0.39 is 0 Å². The van der Waals surface area contributed by atoms with Crippen molar-refractivity contribution in [1.82, 2.24) is 15.3 Å². The second-order valence-electron chi connectivity index (χ2n) is 10.1. The third-order valence-electron chi connectivity index (χ3n) is 7.97. The first-order chi connectivity index (χ1) is 15.3. The highest BCUT2D eigenvalue weighted by molar-refractivity contribution is 5.54. The third kappa shape index (κ3) is 5.91. The van der Waals surface area contributed by atoms with Crippen LogP contribution in [0.3, 0.4) is 0 Å². The van der Waals surface area contributed by atoms with Crippen molar-refractivity contribution < 1.29 is 0 Å². The molecule has 5 nitrogen and oxygen atoms in total. The molecule has 1 saturated heterocycles. The minimum Gasteiger partial charge on any atom is -0.356 e. The average Bonchev–Trinajstić information content (AvgIpc) is 2.98. The zero-order chi connectivity index (χ0) is 21.5. The summed E-state index contributed by atoms with van der Waals surface area (Å²) in [5.41, 5.74) is 2.79. The predicted molar refractivity (Wildman–Crippen MR) is 131 cm³/mol. The van der Waals surface area contributed by atoms with Gasteiger partial charge in [0.1, 0.15) is 5.82 Å². The first-order valence-electron chi connectivity index (χ1n) is 13.4. The third-order valence-corrected chi connectivity index (χ3v) is 7.97. The number of rotatable bonds is 8. The molecule has 1 aliphatic heterocycles. The fraction of sp³-hybridized carbons (Fsp3) is 0.846. The van der Waals surface area contributed by atoms with Crippen LogP contribution >= 0.6 is 0 Å². The molecule has 4 rings (SSSR count). The summed E-state index contributed by atoms with van der Waals surface area (Å²) in [6.07, 6.45) is 17.8. The predicted octanol–water partition coefficient (Wildman–Crippen LogP) is 5.48. The number of hydrogen-bond donors (Lipinski definition) is 2. The van der Waals surface area contributed by atoms with Crippen LogP contribution in [0.15, 0.2) is 0 Å². The lowest BCUT2D eigenvalue weighted by atomic mass is 10.0. The normalized spacial score (nSPS) is 24.7. The van der Waals surface area contributed by atoms with Crippen LogP contribution in [0.1, 0.15) is 102 Å². The van der Waals surface area contributed by atoms with Gasteiger partial charge in [-0.2, -0.15) is 4.98 Å². The summed E-state index contributed by atoms with van der Waals surface area (Å²) in [6, 6.07) is 1.000. The van der Waals surface area contributed by atoms with Gasteiger partial charge in [-0.1, -0.05) is 46.0 Å². The Labute approximate surface area is 190 Å². The van der Waals surface area contributed by atoms with Crippen molar-refractivity contribution in [3.05, 3.63) is 11.3 Å². The van der Waals surface area contributed by atoms with Crippen molar-refractivity contribution in [1.29, 1.82) is 0 Å². The molecule has 2 heterocycles. The summed E-state index contributed by atoms with van der Waals surface area (Å²) in [5.74, 6) is 2.94. The highest BCUT2D eigenvalue weighted by atomic mass is 15.2. The second-order valence-corrected chi connectivity index (χ2v) is 10.1. The molecule has 1 saturated carbocycles. The van der Waals surface area contributed by atoms with Gasteiger partial charge in [-0.05, 0) is 70.3 Å². The Morgan fingerprint density at radius 1 is 0.839 bits per heavy atom. The molecular weight excluding hydrogens is 382 g/mol. The Morgan fingerprint density at radius 2 is 1.55 bits per heavy atom. The van der Waals surface area contributed by atoms with Crippen LogP contribution in [-0.4, -0.2) is 41.7 Å². The van der Waals surface area contributed by atoms with Gasteiger partial charge in [0.15, 0.2) is 0 Å². The molecular formula is C26H45N5. The second kappa shape index (κ2) is 11.5. The molecule has 0 spiro atoms. The average molecular weight is 428 g/mol. The number of fused-ring (bicyclic) bond motifs is 1. The molecule has 0 aromatic carbocycles. The Bertz CT molecular complexity index is 679. The Balaban J connectivity index is 1.52. The quantitative estimate of drug-likeness (QED) is 0.538. The molecule has 5 heteroatoms. The lowest BCUT2D eigenvalue weighted by Crippen LogP contribution is -2.42. The van der Waals surface area contributed by atoms with Crippen LogP contribution < -0.4 is 15.5 Å². The molecule has 2 atom stereocenters. The van der Waals surface area contributed by atoms with E-state index in [0.29, 0.717) is 12.1 Å². The fourth-order valence-corrected chi connectivity index (χ4v) is 5.80. The Morgan fingerprint density at radius 3 is 2.32 bits per heavy atom. The maximum atomic E-state index is 5.19. The number of aromatic nitrogens is 2. The van der Waals surface area contributed by atoms with Gasteiger partial charge < -0.3 is 15.5 Å². The van der Waals surface area contributed by atoms with E-state index in [1.165, 1.54) is 94.1 Å². The fourth-order valence-electron chi connectivity index (χ4n) is 5.80. The molecule has 1 aromatic heterocycles. The highest BCUT2D eigenvalue weighted by Gasteiger charge is 2.29. The van der Waals surface area contributed by atoms with Gasteiger partial charge in [-0.3, -0.25) is 0 Å². The molecule has 2 fully saturated rings.